The largest absolute Gasteiger partial charge is 0.385 e. The summed E-state index contributed by atoms with van der Waals surface area (Å²) in [5.41, 5.74) is 6.02. The Labute approximate surface area is 137 Å². The molecule has 0 bridgehead atoms. The summed E-state index contributed by atoms with van der Waals surface area (Å²) in [6, 6.07) is 8.00. The van der Waals surface area contributed by atoms with Crippen molar-refractivity contribution in [2.75, 3.05) is 6.54 Å². The van der Waals surface area contributed by atoms with Gasteiger partial charge < -0.3 is 10.8 Å². The van der Waals surface area contributed by atoms with Crippen LogP contribution >= 0.6 is 15.9 Å². The lowest BCUT2D eigenvalue weighted by Gasteiger charge is -2.50. The predicted molar refractivity (Wildman–Crippen MR) is 92.0 cm³/mol. The molecular formula is C18H28BrNO. The molecule has 21 heavy (non-hydrogen) atoms. The second kappa shape index (κ2) is 6.39. The van der Waals surface area contributed by atoms with E-state index in [0.717, 1.165) is 34.7 Å². The Balaban J connectivity index is 2.28. The minimum Gasteiger partial charge on any atom is -0.385 e. The summed E-state index contributed by atoms with van der Waals surface area (Å²) < 4.78 is 1.00. The Hall–Kier alpha value is -0.380. The second-order valence-electron chi connectivity index (χ2n) is 7.15. The summed E-state index contributed by atoms with van der Waals surface area (Å²) in [6.45, 7) is 7.08. The van der Waals surface area contributed by atoms with E-state index in [1.54, 1.807) is 0 Å². The van der Waals surface area contributed by atoms with Crippen LogP contribution in [0.3, 0.4) is 0 Å². The highest BCUT2D eigenvalue weighted by Crippen LogP contribution is 2.51. The minimum atomic E-state index is -0.881. The molecule has 1 aromatic rings. The molecule has 0 amide bonds. The Bertz CT molecular complexity index is 476. The van der Waals surface area contributed by atoms with Gasteiger partial charge in [-0.05, 0) is 62.1 Å². The van der Waals surface area contributed by atoms with Gasteiger partial charge >= 0.3 is 0 Å². The molecule has 2 rings (SSSR count). The lowest BCUT2D eigenvalue weighted by atomic mass is 9.59. The van der Waals surface area contributed by atoms with Gasteiger partial charge in [0.1, 0.15) is 0 Å². The molecule has 3 heteroatoms. The molecule has 1 aliphatic rings. The summed E-state index contributed by atoms with van der Waals surface area (Å²) in [5.74, 6) is 1.49. The third kappa shape index (κ3) is 3.20. The standard InChI is InChI=1S/C18H28BrNO/c1-13(2)14-7-9-18(12-20,10-8-14)17(3,21)15-5-4-6-16(19)11-15/h4-6,11,13-14,21H,7-10,12,20H2,1-3H3. The zero-order valence-electron chi connectivity index (χ0n) is 13.4. The predicted octanol–water partition coefficient (Wildman–Crippen LogP) is 4.45. The number of hydrogen-bond donors (Lipinski definition) is 2. The Kier molecular flexibility index (Phi) is 5.17. The topological polar surface area (TPSA) is 46.2 Å². The summed E-state index contributed by atoms with van der Waals surface area (Å²) in [5, 5.41) is 11.3. The number of hydrogen-bond acceptors (Lipinski definition) is 2. The average Bonchev–Trinajstić information content (AvgIpc) is 2.47. The molecule has 1 unspecified atom stereocenters. The van der Waals surface area contributed by atoms with Crippen molar-refractivity contribution in [3.05, 3.63) is 34.3 Å². The maximum atomic E-state index is 11.3. The van der Waals surface area contributed by atoms with Gasteiger partial charge in [0.15, 0.2) is 0 Å². The maximum absolute atomic E-state index is 11.3. The van der Waals surface area contributed by atoms with Gasteiger partial charge in [-0.15, -0.1) is 0 Å². The molecule has 1 aromatic carbocycles. The Morgan fingerprint density at radius 1 is 1.38 bits per heavy atom. The number of benzene rings is 1. The van der Waals surface area contributed by atoms with Crippen molar-refractivity contribution in [1.82, 2.24) is 0 Å². The van der Waals surface area contributed by atoms with Gasteiger partial charge in [-0.2, -0.15) is 0 Å². The molecule has 1 aliphatic carbocycles. The first kappa shape index (κ1) is 17.0. The lowest BCUT2D eigenvalue weighted by molar-refractivity contribution is -0.100. The molecule has 118 valence electrons. The monoisotopic (exact) mass is 353 g/mol. The van der Waals surface area contributed by atoms with E-state index in [1.165, 1.54) is 12.8 Å². The molecule has 2 nitrogen and oxygen atoms in total. The summed E-state index contributed by atoms with van der Waals surface area (Å²) in [4.78, 5) is 0. The van der Waals surface area contributed by atoms with E-state index in [9.17, 15) is 5.11 Å². The SMILES string of the molecule is CC(C)C1CCC(CN)(C(C)(O)c2cccc(Br)c2)CC1. The van der Waals surface area contributed by atoms with Crippen LogP contribution in [0.15, 0.2) is 28.7 Å². The third-order valence-electron chi connectivity index (χ3n) is 5.74. The highest BCUT2D eigenvalue weighted by molar-refractivity contribution is 9.10. The first-order chi connectivity index (χ1) is 9.82. The zero-order valence-corrected chi connectivity index (χ0v) is 15.0. The van der Waals surface area contributed by atoms with Crippen molar-refractivity contribution >= 4 is 15.9 Å². The van der Waals surface area contributed by atoms with E-state index in [4.69, 9.17) is 5.73 Å². The molecule has 0 aromatic heterocycles. The maximum Gasteiger partial charge on any atom is 0.0936 e. The van der Waals surface area contributed by atoms with Gasteiger partial charge in [-0.3, -0.25) is 0 Å². The van der Waals surface area contributed by atoms with Crippen LogP contribution in [0, 0.1) is 17.3 Å². The molecule has 0 aliphatic heterocycles. The van der Waals surface area contributed by atoms with E-state index in [2.05, 4.69) is 29.8 Å². The molecule has 1 atom stereocenters. The van der Waals surface area contributed by atoms with Crippen molar-refractivity contribution in [2.45, 2.75) is 52.1 Å². The van der Waals surface area contributed by atoms with Crippen molar-refractivity contribution in [3.63, 3.8) is 0 Å². The summed E-state index contributed by atoms with van der Waals surface area (Å²) in [7, 11) is 0. The van der Waals surface area contributed by atoms with E-state index in [0.29, 0.717) is 6.54 Å². The van der Waals surface area contributed by atoms with Crippen molar-refractivity contribution in [2.24, 2.45) is 23.0 Å². The molecule has 0 heterocycles. The molecular weight excluding hydrogens is 326 g/mol. The third-order valence-corrected chi connectivity index (χ3v) is 6.23. The summed E-state index contributed by atoms with van der Waals surface area (Å²) >= 11 is 3.50. The van der Waals surface area contributed by atoms with Crippen LogP contribution in [0.25, 0.3) is 0 Å². The van der Waals surface area contributed by atoms with Crippen LogP contribution < -0.4 is 5.73 Å². The highest BCUT2D eigenvalue weighted by Gasteiger charge is 2.49. The normalized spacial score (nSPS) is 29.4. The zero-order chi connectivity index (χ0) is 15.7. The highest BCUT2D eigenvalue weighted by atomic mass is 79.9. The van der Waals surface area contributed by atoms with Crippen LogP contribution in [0.5, 0.6) is 0 Å². The molecule has 1 saturated carbocycles. The van der Waals surface area contributed by atoms with Crippen molar-refractivity contribution < 1.29 is 5.11 Å². The molecule has 0 spiro atoms. The van der Waals surface area contributed by atoms with Crippen LogP contribution in [0.2, 0.25) is 0 Å². The van der Waals surface area contributed by atoms with Crippen LogP contribution in [0.4, 0.5) is 0 Å². The fourth-order valence-electron chi connectivity index (χ4n) is 3.85. The van der Waals surface area contributed by atoms with Gasteiger partial charge in [0, 0.05) is 16.4 Å². The van der Waals surface area contributed by atoms with E-state index >= 15 is 0 Å². The lowest BCUT2D eigenvalue weighted by Crippen LogP contribution is -2.51. The minimum absolute atomic E-state index is 0.209. The number of aliphatic hydroxyl groups is 1. The van der Waals surface area contributed by atoms with E-state index in [1.807, 2.05) is 31.2 Å². The van der Waals surface area contributed by atoms with Crippen LogP contribution in [-0.2, 0) is 5.60 Å². The van der Waals surface area contributed by atoms with Crippen LogP contribution in [0.1, 0.15) is 52.0 Å². The quantitative estimate of drug-likeness (QED) is 0.839. The number of rotatable bonds is 4. The number of nitrogens with two attached hydrogens (primary N) is 1. The van der Waals surface area contributed by atoms with Gasteiger partial charge in [-0.25, -0.2) is 0 Å². The van der Waals surface area contributed by atoms with E-state index in [-0.39, 0.29) is 5.41 Å². The average molecular weight is 354 g/mol. The fourth-order valence-corrected chi connectivity index (χ4v) is 4.25. The molecule has 0 saturated heterocycles. The van der Waals surface area contributed by atoms with Crippen molar-refractivity contribution in [1.29, 1.82) is 0 Å². The molecule has 0 radical (unpaired) electrons. The van der Waals surface area contributed by atoms with Gasteiger partial charge in [0.05, 0.1) is 5.60 Å². The Morgan fingerprint density at radius 3 is 2.48 bits per heavy atom. The van der Waals surface area contributed by atoms with Crippen LogP contribution in [-0.4, -0.2) is 11.7 Å². The smallest absolute Gasteiger partial charge is 0.0936 e. The summed E-state index contributed by atoms with van der Waals surface area (Å²) in [6.07, 6.45) is 4.34. The molecule has 1 fully saturated rings. The number of halogens is 1. The van der Waals surface area contributed by atoms with E-state index < -0.39 is 5.60 Å². The van der Waals surface area contributed by atoms with Gasteiger partial charge in [0.25, 0.3) is 0 Å². The van der Waals surface area contributed by atoms with Crippen molar-refractivity contribution in [3.8, 4) is 0 Å². The fraction of sp³-hybridized carbons (Fsp3) is 0.667. The first-order valence-electron chi connectivity index (χ1n) is 8.01. The first-order valence-corrected chi connectivity index (χ1v) is 8.80. The Morgan fingerprint density at radius 2 is 2.00 bits per heavy atom. The molecule has 3 N–H and O–H groups in total. The van der Waals surface area contributed by atoms with Gasteiger partial charge in [-0.1, -0.05) is 41.9 Å². The second-order valence-corrected chi connectivity index (χ2v) is 8.06. The van der Waals surface area contributed by atoms with Gasteiger partial charge in [0.2, 0.25) is 0 Å².